The van der Waals surface area contributed by atoms with Crippen LogP contribution in [0.25, 0.3) is 0 Å². The van der Waals surface area contributed by atoms with Gasteiger partial charge in [-0.15, -0.1) is 0 Å². The smallest absolute Gasteiger partial charge is 0.330 e. The molecule has 0 radical (unpaired) electrons. The topological polar surface area (TPSA) is 52.6 Å². The van der Waals surface area contributed by atoms with Crippen LogP contribution in [0.1, 0.15) is 29.6 Å². The molecular formula is C14H12O4. The largest absolute Gasteiger partial charge is 0.485 e. The summed E-state index contributed by atoms with van der Waals surface area (Å²) in [5.41, 5.74) is 2.16. The van der Waals surface area contributed by atoms with Crippen molar-refractivity contribution in [1.29, 1.82) is 0 Å². The van der Waals surface area contributed by atoms with E-state index in [-0.39, 0.29) is 24.4 Å². The van der Waals surface area contributed by atoms with Crippen molar-refractivity contribution < 1.29 is 19.1 Å². The molecule has 0 N–H and O–H groups in total. The van der Waals surface area contributed by atoms with Crippen molar-refractivity contribution in [3.63, 3.8) is 0 Å². The second-order valence-corrected chi connectivity index (χ2v) is 4.43. The molecular weight excluding hydrogens is 232 g/mol. The second-order valence-electron chi connectivity index (χ2n) is 4.43. The lowest BCUT2D eigenvalue weighted by Gasteiger charge is -2.27. The zero-order chi connectivity index (χ0) is 12.7. The highest BCUT2D eigenvalue weighted by atomic mass is 16.5. The van der Waals surface area contributed by atoms with Gasteiger partial charge in [0, 0.05) is 18.1 Å². The fourth-order valence-corrected chi connectivity index (χ4v) is 2.58. The van der Waals surface area contributed by atoms with Gasteiger partial charge in [0.1, 0.15) is 11.9 Å². The molecule has 0 saturated carbocycles. The van der Waals surface area contributed by atoms with Gasteiger partial charge < -0.3 is 9.47 Å². The molecule has 92 valence electrons. The Morgan fingerprint density at radius 2 is 2.33 bits per heavy atom. The molecule has 4 heteroatoms. The van der Waals surface area contributed by atoms with Crippen LogP contribution < -0.4 is 4.74 Å². The molecule has 0 saturated heterocycles. The second kappa shape index (κ2) is 3.98. The van der Waals surface area contributed by atoms with Crippen molar-refractivity contribution in [2.45, 2.75) is 18.4 Å². The molecule has 4 nitrogen and oxygen atoms in total. The molecule has 1 aliphatic carbocycles. The summed E-state index contributed by atoms with van der Waals surface area (Å²) in [5, 5.41) is 0. The number of hydrogen-bond acceptors (Lipinski definition) is 4. The van der Waals surface area contributed by atoms with Gasteiger partial charge in [0.05, 0.1) is 5.92 Å². The van der Waals surface area contributed by atoms with Gasteiger partial charge in [-0.1, -0.05) is 18.7 Å². The third-order valence-corrected chi connectivity index (χ3v) is 3.43. The maximum absolute atomic E-state index is 12.0. The van der Waals surface area contributed by atoms with E-state index >= 15 is 0 Å². The zero-order valence-corrected chi connectivity index (χ0v) is 9.72. The van der Waals surface area contributed by atoms with Crippen molar-refractivity contribution in [1.82, 2.24) is 0 Å². The number of carbonyl (C=O) groups is 2. The van der Waals surface area contributed by atoms with E-state index in [1.54, 1.807) is 0 Å². The highest BCUT2D eigenvalue weighted by Gasteiger charge is 2.43. The Hall–Kier alpha value is -2.10. The summed E-state index contributed by atoms with van der Waals surface area (Å²) >= 11 is 0. The zero-order valence-electron chi connectivity index (χ0n) is 9.72. The Labute approximate surface area is 104 Å². The number of hydrogen-bond donors (Lipinski definition) is 0. The lowest BCUT2D eigenvalue weighted by atomic mass is 9.97. The highest BCUT2D eigenvalue weighted by molar-refractivity contribution is 5.91. The van der Waals surface area contributed by atoms with Gasteiger partial charge in [-0.2, -0.15) is 0 Å². The number of esters is 1. The lowest BCUT2D eigenvalue weighted by Crippen LogP contribution is -2.18. The number of rotatable bonds is 4. The van der Waals surface area contributed by atoms with Crippen LogP contribution in [0, 0.1) is 0 Å². The summed E-state index contributed by atoms with van der Waals surface area (Å²) in [6.45, 7) is 3.08. The summed E-state index contributed by atoms with van der Waals surface area (Å²) in [7, 11) is 0. The van der Waals surface area contributed by atoms with E-state index in [9.17, 15) is 9.59 Å². The molecule has 3 rings (SSSR count). The van der Waals surface area contributed by atoms with Gasteiger partial charge in [0.15, 0.2) is 12.4 Å². The minimum absolute atomic E-state index is 0.0419. The van der Waals surface area contributed by atoms with E-state index in [1.165, 1.54) is 0 Å². The van der Waals surface area contributed by atoms with Gasteiger partial charge in [0.2, 0.25) is 0 Å². The first-order valence-electron chi connectivity index (χ1n) is 5.82. The van der Waals surface area contributed by atoms with Gasteiger partial charge >= 0.3 is 5.97 Å². The van der Waals surface area contributed by atoms with Crippen LogP contribution in [0.4, 0.5) is 0 Å². The van der Waals surface area contributed by atoms with Crippen LogP contribution in [-0.4, -0.2) is 18.4 Å². The van der Waals surface area contributed by atoms with Crippen molar-refractivity contribution in [2.75, 3.05) is 6.61 Å². The quantitative estimate of drug-likeness (QED) is 0.599. The van der Waals surface area contributed by atoms with Crippen LogP contribution >= 0.6 is 0 Å². The molecule has 1 aromatic carbocycles. The molecule has 1 aliphatic heterocycles. The molecule has 1 aromatic rings. The van der Waals surface area contributed by atoms with Gasteiger partial charge in [-0.25, -0.2) is 4.79 Å². The Morgan fingerprint density at radius 3 is 3.11 bits per heavy atom. The molecule has 2 aliphatic rings. The monoisotopic (exact) mass is 244 g/mol. The molecule has 0 bridgehead atoms. The van der Waals surface area contributed by atoms with E-state index < -0.39 is 5.97 Å². The minimum Gasteiger partial charge on any atom is -0.485 e. The minimum atomic E-state index is -0.571. The maximum Gasteiger partial charge on any atom is 0.330 e. The predicted octanol–water partition coefficient (Wildman–Crippen LogP) is 1.91. The molecule has 0 fully saturated rings. The molecule has 0 amide bonds. The first-order chi connectivity index (χ1) is 8.70. The molecule has 18 heavy (non-hydrogen) atoms. The number of ether oxygens (including phenoxy) is 2. The van der Waals surface area contributed by atoms with Crippen LogP contribution in [0.2, 0.25) is 0 Å². The Kier molecular flexibility index (Phi) is 2.44. The van der Waals surface area contributed by atoms with Crippen LogP contribution in [0.3, 0.4) is 0 Å². The highest BCUT2D eigenvalue weighted by Crippen LogP contribution is 2.53. The first kappa shape index (κ1) is 11.0. The summed E-state index contributed by atoms with van der Waals surface area (Å²) in [6.07, 6.45) is 1.75. The predicted molar refractivity (Wildman–Crippen MR) is 63.3 cm³/mol. The molecule has 0 aromatic heterocycles. The van der Waals surface area contributed by atoms with Crippen LogP contribution in [0.5, 0.6) is 5.75 Å². The van der Waals surface area contributed by atoms with Crippen molar-refractivity contribution >= 4 is 11.8 Å². The number of benzene rings is 1. The standard InChI is InChI=1S/C14H12O4/c1-2-13(16)17-7-10(15)9-6-12-14-8(9)4-3-5-11(14)18-12/h2-5,9,12H,1,6-7H2. The van der Waals surface area contributed by atoms with Crippen molar-refractivity contribution in [2.24, 2.45) is 0 Å². The third-order valence-electron chi connectivity index (χ3n) is 3.43. The van der Waals surface area contributed by atoms with E-state index in [2.05, 4.69) is 6.58 Å². The van der Waals surface area contributed by atoms with Gasteiger partial charge in [0.25, 0.3) is 0 Å². The summed E-state index contributed by atoms with van der Waals surface area (Å²) < 4.78 is 10.3. The van der Waals surface area contributed by atoms with Crippen molar-refractivity contribution in [3.8, 4) is 5.75 Å². The Bertz CT molecular complexity index is 547. The van der Waals surface area contributed by atoms with E-state index in [1.807, 2.05) is 18.2 Å². The first-order valence-corrected chi connectivity index (χ1v) is 5.82. The van der Waals surface area contributed by atoms with Crippen LogP contribution in [-0.2, 0) is 14.3 Å². The Balaban J connectivity index is 1.74. The maximum atomic E-state index is 12.0. The molecule has 2 unspecified atom stereocenters. The summed E-state index contributed by atoms with van der Waals surface area (Å²) in [6, 6.07) is 5.73. The molecule has 0 spiro atoms. The molecule has 1 heterocycles. The Morgan fingerprint density at radius 1 is 1.50 bits per heavy atom. The SMILES string of the molecule is C=CC(=O)OCC(=O)C1CC2Oc3cccc1c32. The number of carbonyl (C=O) groups excluding carboxylic acids is 2. The molecule has 2 atom stereocenters. The fourth-order valence-electron chi connectivity index (χ4n) is 2.58. The van der Waals surface area contributed by atoms with E-state index in [0.29, 0.717) is 6.42 Å². The van der Waals surface area contributed by atoms with Gasteiger partial charge in [-0.05, 0) is 11.6 Å². The average molecular weight is 244 g/mol. The lowest BCUT2D eigenvalue weighted by molar-refractivity contribution is -0.143. The van der Waals surface area contributed by atoms with E-state index in [0.717, 1.165) is 23.0 Å². The summed E-state index contributed by atoms with van der Waals surface area (Å²) in [4.78, 5) is 23.0. The number of Topliss-reactive ketones (excluding diaryl/α,β-unsaturated/α-hetero) is 1. The fraction of sp³-hybridized carbons (Fsp3) is 0.286. The number of ketones is 1. The van der Waals surface area contributed by atoms with Crippen LogP contribution in [0.15, 0.2) is 30.9 Å². The van der Waals surface area contributed by atoms with E-state index in [4.69, 9.17) is 9.47 Å². The normalized spacial score (nSPS) is 22.4. The average Bonchev–Trinajstić information content (AvgIpc) is 2.70. The third kappa shape index (κ3) is 1.53. The summed E-state index contributed by atoms with van der Waals surface area (Å²) in [5.74, 6) is -0.00413. The van der Waals surface area contributed by atoms with Gasteiger partial charge in [-0.3, -0.25) is 4.79 Å². The van der Waals surface area contributed by atoms with Crippen molar-refractivity contribution in [3.05, 3.63) is 42.0 Å².